The molecule has 112 valence electrons. The molecule has 0 heterocycles. The van der Waals surface area contributed by atoms with Gasteiger partial charge in [-0.05, 0) is 26.9 Å². The summed E-state index contributed by atoms with van der Waals surface area (Å²) in [6, 6.07) is 0. The zero-order chi connectivity index (χ0) is 14.7. The molecule has 0 unspecified atom stereocenters. The van der Waals surface area contributed by atoms with Crippen molar-refractivity contribution in [3.8, 4) is 0 Å². The van der Waals surface area contributed by atoms with Crippen LogP contribution in [0.3, 0.4) is 0 Å². The highest BCUT2D eigenvalue weighted by molar-refractivity contribution is 6.64. The Balaban J connectivity index is 0. The van der Waals surface area contributed by atoms with Gasteiger partial charge in [-0.25, -0.2) is 0 Å². The van der Waals surface area contributed by atoms with Crippen LogP contribution in [0.25, 0.3) is 0 Å². The third-order valence-electron chi connectivity index (χ3n) is 1.98. The minimum absolute atomic E-state index is 0.763. The molecule has 0 aromatic heterocycles. The van der Waals surface area contributed by atoms with Crippen LogP contribution >= 0.6 is 0 Å². The first kappa shape index (κ1) is 20.5. The second-order valence-electron chi connectivity index (χ2n) is 3.58. The molecule has 0 N–H and O–H groups in total. The Morgan fingerprint density at radius 1 is 0.667 bits per heavy atom. The monoisotopic (exact) mass is 300 g/mol. The van der Waals surface area contributed by atoms with E-state index in [2.05, 4.69) is 13.1 Å². The lowest BCUT2D eigenvalue weighted by Gasteiger charge is -2.20. The topological polar surface area (TPSA) is 55.4 Å². The quantitative estimate of drug-likeness (QED) is 0.637. The molecule has 0 radical (unpaired) electrons. The van der Waals surface area contributed by atoms with E-state index in [4.69, 9.17) is 26.6 Å². The van der Waals surface area contributed by atoms with E-state index >= 15 is 0 Å². The Bertz CT molecular complexity index is 162. The van der Waals surface area contributed by atoms with Crippen LogP contribution in [0.5, 0.6) is 0 Å². The lowest BCUT2D eigenvalue weighted by Crippen LogP contribution is -2.45. The normalized spacial score (nSPS) is 12.0. The van der Waals surface area contributed by atoms with Gasteiger partial charge in [0.25, 0.3) is 0 Å². The van der Waals surface area contributed by atoms with Crippen molar-refractivity contribution in [2.45, 2.75) is 26.9 Å². The van der Waals surface area contributed by atoms with Gasteiger partial charge in [-0.2, -0.15) is 0 Å². The fourth-order valence-electron chi connectivity index (χ4n) is 1.24. The lowest BCUT2D eigenvalue weighted by molar-refractivity contribution is 0.0226. The van der Waals surface area contributed by atoms with Gasteiger partial charge in [0.1, 0.15) is 0 Å². The molecule has 18 heavy (non-hydrogen) atoms. The molecule has 0 rings (SSSR count). The van der Waals surface area contributed by atoms with Gasteiger partial charge in [0, 0.05) is 41.7 Å². The first-order valence-electron chi connectivity index (χ1n) is 5.85. The van der Waals surface area contributed by atoms with Crippen molar-refractivity contribution >= 4 is 17.6 Å². The maximum absolute atomic E-state index is 5.39. The van der Waals surface area contributed by atoms with Crippen LogP contribution < -0.4 is 0 Å². The predicted octanol–water partition coefficient (Wildman–Crippen LogP) is 1.77. The zero-order valence-electron chi connectivity index (χ0n) is 12.9. The second-order valence-corrected chi connectivity index (χ2v) is 9.59. The molecule has 0 saturated carbocycles. The van der Waals surface area contributed by atoms with Crippen molar-refractivity contribution in [1.82, 2.24) is 0 Å². The van der Waals surface area contributed by atoms with Crippen LogP contribution in [0.1, 0.15) is 13.8 Å². The minimum atomic E-state index is -2.69. The van der Waals surface area contributed by atoms with Crippen LogP contribution in [-0.4, -0.2) is 59.3 Å². The molecule has 0 atom stereocenters. The molecule has 0 aliphatic rings. The Hall–Kier alpha value is 0.194. The molecular weight excluding hydrogens is 272 g/mol. The van der Waals surface area contributed by atoms with Crippen molar-refractivity contribution in [1.29, 1.82) is 0 Å². The van der Waals surface area contributed by atoms with E-state index in [1.807, 2.05) is 13.8 Å². The maximum Gasteiger partial charge on any atom is 0.678 e. The smallest absolute Gasteiger partial charge is 0.395 e. The molecule has 0 bridgehead atoms. The molecule has 0 fully saturated rings. The maximum atomic E-state index is 5.39. The van der Waals surface area contributed by atoms with Gasteiger partial charge in [-0.1, -0.05) is 0 Å². The zero-order valence-corrected chi connectivity index (χ0v) is 14.9. The molecule has 6 nitrogen and oxygen atoms in total. The van der Waals surface area contributed by atoms with Crippen molar-refractivity contribution in [3.63, 3.8) is 0 Å². The number of rotatable bonds is 8. The summed E-state index contributed by atoms with van der Waals surface area (Å²) < 4.78 is 30.2. The van der Waals surface area contributed by atoms with E-state index in [-0.39, 0.29) is 0 Å². The molecular formula is C10H28O6Si2. The fraction of sp³-hybridized carbons (Fsp3) is 1.00. The molecule has 8 heteroatoms. The highest BCUT2D eigenvalue weighted by atomic mass is 28.4. The van der Waals surface area contributed by atoms with Crippen LogP contribution in [0, 0.1) is 0 Å². The Morgan fingerprint density at radius 2 is 0.944 bits per heavy atom. The van der Waals surface area contributed by atoms with Crippen molar-refractivity contribution in [3.05, 3.63) is 0 Å². The van der Waals surface area contributed by atoms with E-state index in [9.17, 15) is 0 Å². The van der Waals surface area contributed by atoms with Gasteiger partial charge in [-0.3, -0.25) is 0 Å². The highest BCUT2D eigenvalue weighted by Crippen LogP contribution is 2.05. The van der Waals surface area contributed by atoms with Gasteiger partial charge >= 0.3 is 17.6 Å². The molecule has 0 aromatic rings. The minimum Gasteiger partial charge on any atom is -0.395 e. The van der Waals surface area contributed by atoms with Gasteiger partial charge in [-0.15, -0.1) is 0 Å². The molecule has 0 spiro atoms. The van der Waals surface area contributed by atoms with Crippen molar-refractivity contribution in [2.24, 2.45) is 0 Å². The molecule has 0 saturated heterocycles. The van der Waals surface area contributed by atoms with Crippen molar-refractivity contribution in [2.75, 3.05) is 41.7 Å². The second kappa shape index (κ2) is 11.1. The average molecular weight is 300 g/mol. The number of hydrogen-bond donors (Lipinski definition) is 0. The first-order chi connectivity index (χ1) is 8.36. The lowest BCUT2D eigenvalue weighted by atomic mass is 10.9. The summed E-state index contributed by atoms with van der Waals surface area (Å²) in [7, 11) is 1.56. The summed E-state index contributed by atoms with van der Waals surface area (Å²) in [5.41, 5.74) is 0. The van der Waals surface area contributed by atoms with E-state index in [0.29, 0.717) is 0 Å². The third-order valence-corrected chi connectivity index (χ3v) is 5.95. The number of hydrogen-bond acceptors (Lipinski definition) is 6. The first-order valence-corrected chi connectivity index (χ1v) is 10.3. The Kier molecular flexibility index (Phi) is 12.6. The van der Waals surface area contributed by atoms with Gasteiger partial charge in [0.2, 0.25) is 0 Å². The average Bonchev–Trinajstić information content (AvgIpc) is 2.33. The summed E-state index contributed by atoms with van der Waals surface area (Å²) in [6.07, 6.45) is 0. The SMILES string of the molecule is CCO[Si](C)(C)OCC.CO[Si](OC)(OC)OC. The third kappa shape index (κ3) is 9.17. The Morgan fingerprint density at radius 3 is 1.06 bits per heavy atom. The molecule has 0 aromatic carbocycles. The van der Waals surface area contributed by atoms with E-state index < -0.39 is 17.6 Å². The predicted molar refractivity (Wildman–Crippen MR) is 74.5 cm³/mol. The Labute approximate surface area is 113 Å². The standard InChI is InChI=1S/C6H16O2Si.C4H12O4Si/c1-5-7-9(3,4)8-6-2;1-5-9(6-2,7-3)8-4/h5-6H2,1-4H3;1-4H3. The van der Waals surface area contributed by atoms with Gasteiger partial charge in [0.15, 0.2) is 0 Å². The molecule has 0 aliphatic carbocycles. The molecule has 0 aliphatic heterocycles. The van der Waals surface area contributed by atoms with E-state index in [0.717, 1.165) is 13.2 Å². The molecule has 0 amide bonds. The van der Waals surface area contributed by atoms with Crippen LogP contribution in [0.4, 0.5) is 0 Å². The summed E-state index contributed by atoms with van der Waals surface area (Å²) in [6.45, 7) is 9.62. The fourth-order valence-corrected chi connectivity index (χ4v) is 3.71. The van der Waals surface area contributed by atoms with Crippen molar-refractivity contribution < 1.29 is 26.6 Å². The van der Waals surface area contributed by atoms with E-state index in [1.165, 1.54) is 28.4 Å². The summed E-state index contributed by atoms with van der Waals surface area (Å²) in [4.78, 5) is 0. The van der Waals surface area contributed by atoms with Crippen LogP contribution in [-0.2, 0) is 26.6 Å². The van der Waals surface area contributed by atoms with E-state index in [1.54, 1.807) is 0 Å². The summed E-state index contributed by atoms with van der Waals surface area (Å²) in [5, 5.41) is 0. The summed E-state index contributed by atoms with van der Waals surface area (Å²) in [5.74, 6) is 0. The largest absolute Gasteiger partial charge is 0.678 e. The highest BCUT2D eigenvalue weighted by Gasteiger charge is 2.40. The summed E-state index contributed by atoms with van der Waals surface area (Å²) >= 11 is 0. The van der Waals surface area contributed by atoms with Gasteiger partial charge in [0.05, 0.1) is 0 Å². The van der Waals surface area contributed by atoms with Crippen LogP contribution in [0.15, 0.2) is 0 Å². The van der Waals surface area contributed by atoms with Crippen LogP contribution in [0.2, 0.25) is 13.1 Å². The van der Waals surface area contributed by atoms with Gasteiger partial charge < -0.3 is 26.6 Å².